The molecular formula is C17H17ClN2O2. The molecule has 0 bridgehead atoms. The van der Waals surface area contributed by atoms with Crippen molar-refractivity contribution in [1.82, 2.24) is 5.32 Å². The molecule has 22 heavy (non-hydrogen) atoms. The number of nitrogens with two attached hydrogens (primary N) is 1. The van der Waals surface area contributed by atoms with E-state index in [0.29, 0.717) is 17.0 Å². The Kier molecular flexibility index (Phi) is 5.69. The lowest BCUT2D eigenvalue weighted by atomic mass is 10.1. The standard InChI is InChI=1S/C17H17ClN2O2/c18-14-8-6-12(7-9-14)10-15(19)17(22)20-11-16(21)13-4-2-1-3-5-13/h1-9,15H,10-11,19H2,(H,20,22)/t15-/m0/s1. The molecule has 2 aromatic rings. The lowest BCUT2D eigenvalue weighted by Crippen LogP contribution is -2.43. The topological polar surface area (TPSA) is 72.2 Å². The second-order valence-electron chi connectivity index (χ2n) is 4.94. The van der Waals surface area contributed by atoms with Gasteiger partial charge in [0.15, 0.2) is 5.78 Å². The van der Waals surface area contributed by atoms with Crippen molar-refractivity contribution in [1.29, 1.82) is 0 Å². The van der Waals surface area contributed by atoms with Gasteiger partial charge in [0, 0.05) is 10.6 Å². The molecule has 5 heteroatoms. The summed E-state index contributed by atoms with van der Waals surface area (Å²) in [5.41, 5.74) is 7.34. The number of rotatable bonds is 6. The predicted molar refractivity (Wildman–Crippen MR) is 86.9 cm³/mol. The van der Waals surface area contributed by atoms with Gasteiger partial charge in [-0.2, -0.15) is 0 Å². The third kappa shape index (κ3) is 4.69. The van der Waals surface area contributed by atoms with Crippen LogP contribution in [0.2, 0.25) is 5.02 Å². The van der Waals surface area contributed by atoms with Gasteiger partial charge in [0.25, 0.3) is 0 Å². The van der Waals surface area contributed by atoms with Gasteiger partial charge in [-0.3, -0.25) is 9.59 Å². The zero-order valence-corrected chi connectivity index (χ0v) is 12.7. The van der Waals surface area contributed by atoms with Crippen molar-refractivity contribution in [3.63, 3.8) is 0 Å². The van der Waals surface area contributed by atoms with Gasteiger partial charge in [0.1, 0.15) is 0 Å². The SMILES string of the molecule is N[C@@H](Cc1ccc(Cl)cc1)C(=O)NCC(=O)c1ccccc1. The van der Waals surface area contributed by atoms with Crippen LogP contribution < -0.4 is 11.1 Å². The minimum absolute atomic E-state index is 0.0584. The lowest BCUT2D eigenvalue weighted by molar-refractivity contribution is -0.122. The molecule has 0 aliphatic heterocycles. The number of ketones is 1. The molecule has 1 amide bonds. The van der Waals surface area contributed by atoms with E-state index in [0.717, 1.165) is 5.56 Å². The second kappa shape index (κ2) is 7.73. The maximum absolute atomic E-state index is 11.9. The number of halogens is 1. The zero-order chi connectivity index (χ0) is 15.9. The van der Waals surface area contributed by atoms with Crippen molar-refractivity contribution in [2.45, 2.75) is 12.5 Å². The Labute approximate surface area is 134 Å². The van der Waals surface area contributed by atoms with Crippen LogP contribution in [-0.4, -0.2) is 24.3 Å². The van der Waals surface area contributed by atoms with Crippen LogP contribution in [0.3, 0.4) is 0 Å². The Bertz CT molecular complexity index is 641. The van der Waals surface area contributed by atoms with Crippen LogP contribution in [0, 0.1) is 0 Å². The van der Waals surface area contributed by atoms with Crippen LogP contribution in [0.15, 0.2) is 54.6 Å². The molecule has 0 aliphatic rings. The first kappa shape index (κ1) is 16.2. The van der Waals surface area contributed by atoms with Crippen LogP contribution in [0.25, 0.3) is 0 Å². The molecule has 0 heterocycles. The summed E-state index contributed by atoms with van der Waals surface area (Å²) in [5, 5.41) is 3.21. The van der Waals surface area contributed by atoms with Crippen molar-refractivity contribution >= 4 is 23.3 Å². The summed E-state index contributed by atoms with van der Waals surface area (Å²) in [4.78, 5) is 23.8. The van der Waals surface area contributed by atoms with Crippen molar-refractivity contribution < 1.29 is 9.59 Å². The number of hydrogen-bond donors (Lipinski definition) is 2. The van der Waals surface area contributed by atoms with Gasteiger partial charge in [0.2, 0.25) is 5.91 Å². The smallest absolute Gasteiger partial charge is 0.237 e. The fourth-order valence-corrected chi connectivity index (χ4v) is 2.12. The van der Waals surface area contributed by atoms with Gasteiger partial charge in [-0.15, -0.1) is 0 Å². The highest BCUT2D eigenvalue weighted by atomic mass is 35.5. The van der Waals surface area contributed by atoms with E-state index in [4.69, 9.17) is 17.3 Å². The first-order valence-corrected chi connectivity index (χ1v) is 7.30. The van der Waals surface area contributed by atoms with E-state index >= 15 is 0 Å². The fourth-order valence-electron chi connectivity index (χ4n) is 1.99. The Hall–Kier alpha value is -2.17. The van der Waals surface area contributed by atoms with Crippen LogP contribution in [0.5, 0.6) is 0 Å². The minimum Gasteiger partial charge on any atom is -0.347 e. The van der Waals surface area contributed by atoms with E-state index in [1.165, 1.54) is 0 Å². The molecule has 0 radical (unpaired) electrons. The van der Waals surface area contributed by atoms with Crippen molar-refractivity contribution in [2.24, 2.45) is 5.73 Å². The van der Waals surface area contributed by atoms with Gasteiger partial charge in [-0.25, -0.2) is 0 Å². The van der Waals surface area contributed by atoms with E-state index in [-0.39, 0.29) is 18.2 Å². The molecule has 4 nitrogen and oxygen atoms in total. The van der Waals surface area contributed by atoms with Gasteiger partial charge < -0.3 is 11.1 Å². The lowest BCUT2D eigenvalue weighted by Gasteiger charge is -2.12. The van der Waals surface area contributed by atoms with Gasteiger partial charge in [-0.1, -0.05) is 54.1 Å². The van der Waals surface area contributed by atoms with E-state index in [9.17, 15) is 9.59 Å². The molecule has 114 valence electrons. The highest BCUT2D eigenvalue weighted by Crippen LogP contribution is 2.10. The summed E-state index contributed by atoms with van der Waals surface area (Å²) >= 11 is 5.81. The number of carbonyl (C=O) groups is 2. The van der Waals surface area contributed by atoms with Gasteiger partial charge in [0.05, 0.1) is 12.6 Å². The third-order valence-corrected chi connectivity index (χ3v) is 3.48. The van der Waals surface area contributed by atoms with Gasteiger partial charge >= 0.3 is 0 Å². The fraction of sp³-hybridized carbons (Fsp3) is 0.176. The first-order chi connectivity index (χ1) is 10.6. The van der Waals surface area contributed by atoms with Crippen molar-refractivity contribution in [3.8, 4) is 0 Å². The molecule has 0 spiro atoms. The van der Waals surface area contributed by atoms with Crippen LogP contribution in [0.1, 0.15) is 15.9 Å². The van der Waals surface area contributed by atoms with Crippen molar-refractivity contribution in [2.75, 3.05) is 6.54 Å². The normalized spacial score (nSPS) is 11.7. The van der Waals surface area contributed by atoms with E-state index in [1.54, 1.807) is 36.4 Å². The first-order valence-electron chi connectivity index (χ1n) is 6.92. The van der Waals surface area contributed by atoms with Crippen LogP contribution in [0.4, 0.5) is 0 Å². The predicted octanol–water partition coefficient (Wildman–Crippen LogP) is 2.21. The highest BCUT2D eigenvalue weighted by molar-refractivity contribution is 6.30. The number of amides is 1. The monoisotopic (exact) mass is 316 g/mol. The second-order valence-corrected chi connectivity index (χ2v) is 5.38. The average Bonchev–Trinajstić information content (AvgIpc) is 2.55. The Balaban J connectivity index is 1.84. The number of benzene rings is 2. The number of hydrogen-bond acceptors (Lipinski definition) is 3. The number of Topliss-reactive ketones (excluding diaryl/α,β-unsaturated/α-hetero) is 1. The quantitative estimate of drug-likeness (QED) is 0.803. The molecule has 0 fully saturated rings. The van der Waals surface area contributed by atoms with Crippen LogP contribution in [-0.2, 0) is 11.2 Å². The molecule has 0 saturated heterocycles. The maximum atomic E-state index is 11.9. The summed E-state index contributed by atoms with van der Waals surface area (Å²) in [7, 11) is 0. The summed E-state index contributed by atoms with van der Waals surface area (Å²) in [6.45, 7) is -0.0584. The molecule has 2 rings (SSSR count). The van der Waals surface area contributed by atoms with Crippen molar-refractivity contribution in [3.05, 3.63) is 70.7 Å². The molecule has 0 aromatic heterocycles. The third-order valence-electron chi connectivity index (χ3n) is 3.22. The van der Waals surface area contributed by atoms with Crippen LogP contribution >= 0.6 is 11.6 Å². The van der Waals surface area contributed by atoms with E-state index in [1.807, 2.05) is 18.2 Å². The number of nitrogens with one attached hydrogen (secondary N) is 1. The molecular weight excluding hydrogens is 300 g/mol. The Morgan fingerprint density at radius 3 is 2.32 bits per heavy atom. The zero-order valence-electron chi connectivity index (χ0n) is 12.0. The van der Waals surface area contributed by atoms with Gasteiger partial charge in [-0.05, 0) is 24.1 Å². The maximum Gasteiger partial charge on any atom is 0.237 e. The Morgan fingerprint density at radius 2 is 1.68 bits per heavy atom. The minimum atomic E-state index is -0.704. The average molecular weight is 317 g/mol. The summed E-state index contributed by atoms with van der Waals surface area (Å²) < 4.78 is 0. The number of carbonyl (C=O) groups excluding carboxylic acids is 2. The van der Waals surface area contributed by atoms with E-state index < -0.39 is 6.04 Å². The molecule has 3 N–H and O–H groups in total. The summed E-state index contributed by atoms with van der Waals surface area (Å²) in [5.74, 6) is -0.494. The highest BCUT2D eigenvalue weighted by Gasteiger charge is 2.15. The summed E-state index contributed by atoms with van der Waals surface area (Å²) in [6.07, 6.45) is 0.391. The largest absolute Gasteiger partial charge is 0.347 e. The molecule has 0 saturated carbocycles. The molecule has 2 aromatic carbocycles. The Morgan fingerprint density at radius 1 is 1.05 bits per heavy atom. The molecule has 0 aliphatic carbocycles. The summed E-state index contributed by atoms with van der Waals surface area (Å²) in [6, 6.07) is 15.3. The van der Waals surface area contributed by atoms with E-state index in [2.05, 4.69) is 5.32 Å². The molecule has 0 unspecified atom stereocenters. The molecule has 1 atom stereocenters.